The number of rotatable bonds is 28. The molecule has 13 nitrogen and oxygen atoms in total. The maximum atomic E-state index is 13.3. The first-order chi connectivity index (χ1) is 32.4. The number of imidazole rings is 1. The van der Waals surface area contributed by atoms with Gasteiger partial charge >= 0.3 is 5.69 Å². The molecule has 4 aromatic heterocycles. The Balaban J connectivity index is 1.22. The molecule has 2 aromatic carbocycles. The first-order valence-corrected chi connectivity index (χ1v) is 27.1. The third-order valence-electron chi connectivity index (χ3n) is 12.3. The van der Waals surface area contributed by atoms with Crippen molar-refractivity contribution in [2.75, 3.05) is 17.3 Å². The summed E-state index contributed by atoms with van der Waals surface area (Å²) in [6.45, 7) is 6.89. The van der Waals surface area contributed by atoms with Gasteiger partial charge in [0.1, 0.15) is 11.1 Å². The summed E-state index contributed by atoms with van der Waals surface area (Å²) in [7, 11) is -1.84. The lowest BCUT2D eigenvalue weighted by Gasteiger charge is -2.15. The summed E-state index contributed by atoms with van der Waals surface area (Å²) in [5.41, 5.74) is 5.58. The van der Waals surface area contributed by atoms with E-state index in [4.69, 9.17) is 15.1 Å². The van der Waals surface area contributed by atoms with E-state index < -0.39 is 27.2 Å². The van der Waals surface area contributed by atoms with E-state index >= 15 is 0 Å². The molecule has 0 aliphatic carbocycles. The molecule has 358 valence electrons. The number of thioether (sulfide) groups is 1. The number of aryl methyl sites for hydroxylation is 3. The van der Waals surface area contributed by atoms with Crippen LogP contribution in [-0.2, 0) is 29.9 Å². The lowest BCUT2D eigenvalue weighted by molar-refractivity contribution is 0.222. The van der Waals surface area contributed by atoms with Gasteiger partial charge in [0, 0.05) is 42.6 Å². The molecule has 0 aliphatic heterocycles. The molecule has 1 unspecified atom stereocenters. The van der Waals surface area contributed by atoms with Crippen molar-refractivity contribution in [1.29, 1.82) is 5.26 Å². The Morgan fingerprint density at radius 2 is 1.45 bits per heavy atom. The van der Waals surface area contributed by atoms with Crippen LogP contribution in [0.1, 0.15) is 139 Å². The number of aromatic nitrogens is 7. The number of hydrogen-bond donors (Lipinski definition) is 2. The topological polar surface area (TPSA) is 182 Å². The average Bonchev–Trinajstić information content (AvgIpc) is 3.88. The van der Waals surface area contributed by atoms with E-state index in [9.17, 15) is 28.4 Å². The number of fused-ring (bicyclic) bond motifs is 1. The molecule has 0 fully saturated rings. The Morgan fingerprint density at radius 1 is 0.806 bits per heavy atom. The SMILES string of the molecule is CCCCCCCCCCCCn1c(-n2nc(Cc3cccc(-c4cc(-c5ccccc5)c(C#N)c(SCC(O)CS(=O)(=O)CCCCCCCC)n4)c3)cc2C)nc2c1c(=O)[nH]c(=O)n2C. The average molecular weight is 949 g/mol. The highest BCUT2D eigenvalue weighted by atomic mass is 32.2. The van der Waals surface area contributed by atoms with Gasteiger partial charge in [-0.25, -0.2) is 22.9 Å². The number of nitrogens with one attached hydrogen (secondary N) is 1. The Hall–Kier alpha value is -5.30. The van der Waals surface area contributed by atoms with Crippen LogP contribution >= 0.6 is 11.8 Å². The maximum absolute atomic E-state index is 13.3. The number of pyridine rings is 1. The summed E-state index contributed by atoms with van der Waals surface area (Å²) in [6, 6.07) is 23.9. The van der Waals surface area contributed by atoms with Gasteiger partial charge in [-0.1, -0.05) is 152 Å². The highest BCUT2D eigenvalue weighted by Gasteiger charge is 2.23. The van der Waals surface area contributed by atoms with Crippen molar-refractivity contribution in [3.63, 3.8) is 0 Å². The summed E-state index contributed by atoms with van der Waals surface area (Å²) in [4.78, 5) is 38.2. The van der Waals surface area contributed by atoms with Crippen LogP contribution in [0.25, 0.3) is 39.5 Å². The fourth-order valence-corrected chi connectivity index (χ4v) is 11.3. The molecule has 1 atom stereocenters. The number of aromatic amines is 1. The van der Waals surface area contributed by atoms with E-state index in [-0.39, 0.29) is 17.3 Å². The minimum Gasteiger partial charge on any atom is -0.391 e. The second-order valence-electron chi connectivity index (χ2n) is 17.9. The Kier molecular flexibility index (Phi) is 19.2. The number of nitriles is 1. The van der Waals surface area contributed by atoms with E-state index in [2.05, 4.69) is 24.9 Å². The van der Waals surface area contributed by atoms with E-state index in [0.29, 0.717) is 58.3 Å². The number of unbranched alkanes of at least 4 members (excludes halogenated alkanes) is 14. The van der Waals surface area contributed by atoms with Gasteiger partial charge < -0.3 is 9.67 Å². The summed E-state index contributed by atoms with van der Waals surface area (Å²) in [6.07, 6.45) is 17.0. The van der Waals surface area contributed by atoms with Crippen LogP contribution in [-0.4, -0.2) is 70.8 Å². The predicted molar refractivity (Wildman–Crippen MR) is 271 cm³/mol. The van der Waals surface area contributed by atoms with Crippen LogP contribution in [0.2, 0.25) is 0 Å². The molecule has 4 heterocycles. The zero-order chi connectivity index (χ0) is 47.8. The van der Waals surface area contributed by atoms with Crippen LogP contribution in [0.4, 0.5) is 0 Å². The molecule has 0 spiro atoms. The molecule has 0 saturated carbocycles. The number of nitrogens with zero attached hydrogens (tertiary/aromatic N) is 7. The van der Waals surface area contributed by atoms with Crippen molar-refractivity contribution in [2.24, 2.45) is 7.05 Å². The van der Waals surface area contributed by atoms with Crippen molar-refractivity contribution in [2.45, 2.75) is 148 Å². The van der Waals surface area contributed by atoms with E-state index in [1.54, 1.807) is 11.7 Å². The number of benzene rings is 2. The summed E-state index contributed by atoms with van der Waals surface area (Å²) >= 11 is 1.19. The van der Waals surface area contributed by atoms with E-state index in [0.717, 1.165) is 79.4 Å². The first kappa shape index (κ1) is 51.1. The molecule has 67 heavy (non-hydrogen) atoms. The Labute approximate surface area is 400 Å². The van der Waals surface area contributed by atoms with Gasteiger partial charge in [0.25, 0.3) is 5.56 Å². The van der Waals surface area contributed by atoms with Crippen LogP contribution < -0.4 is 11.2 Å². The standard InChI is InChI=1S/C52H68N8O5S2/c1-5-7-9-11-13-14-15-16-17-22-29-59-47-48(58(4)52(63)56-49(47)62)55-51(59)60-38(3)31-42(57-60)33-39-25-24-28-41(32-39)46-34-44(40-26-20-19-21-27-40)45(35-53)50(54-46)66-36-43(61)37-67(64,65)30-23-18-12-10-8-6-2/h19-21,24-28,31-32,34,43,61H,5-18,22-23,29-30,33,36-37H2,1-4H3,(H,56,62,63). The monoisotopic (exact) mass is 948 g/mol. The second kappa shape index (κ2) is 25.2. The summed E-state index contributed by atoms with van der Waals surface area (Å²) in [5.74, 6) is 0.261. The van der Waals surface area contributed by atoms with Crippen molar-refractivity contribution < 1.29 is 13.5 Å². The summed E-state index contributed by atoms with van der Waals surface area (Å²) < 4.78 is 30.9. The van der Waals surface area contributed by atoms with Crippen LogP contribution in [0, 0.1) is 18.3 Å². The maximum Gasteiger partial charge on any atom is 0.329 e. The lowest BCUT2D eigenvalue weighted by atomic mass is 9.98. The highest BCUT2D eigenvalue weighted by Crippen LogP contribution is 2.35. The number of hydrogen-bond acceptors (Lipinski definition) is 10. The molecule has 15 heteroatoms. The summed E-state index contributed by atoms with van der Waals surface area (Å²) in [5, 5.41) is 26.9. The first-order valence-electron chi connectivity index (χ1n) is 24.3. The number of sulfone groups is 1. The molecule has 0 amide bonds. The third-order valence-corrected chi connectivity index (χ3v) is 15.2. The number of H-pyrrole nitrogens is 1. The quantitative estimate of drug-likeness (QED) is 0.0355. The fraction of sp³-hybridized carbons (Fsp3) is 0.500. The van der Waals surface area contributed by atoms with Gasteiger partial charge in [0.2, 0.25) is 5.95 Å². The van der Waals surface area contributed by atoms with Crippen LogP contribution in [0.15, 0.2) is 81.3 Å². The smallest absolute Gasteiger partial charge is 0.329 e. The van der Waals surface area contributed by atoms with Crippen molar-refractivity contribution in [3.8, 4) is 34.4 Å². The number of aliphatic hydroxyl groups is 1. The Morgan fingerprint density at radius 3 is 2.12 bits per heavy atom. The largest absolute Gasteiger partial charge is 0.391 e. The van der Waals surface area contributed by atoms with Gasteiger partial charge in [-0.2, -0.15) is 15.3 Å². The van der Waals surface area contributed by atoms with Crippen LogP contribution in [0.5, 0.6) is 0 Å². The van der Waals surface area contributed by atoms with Gasteiger partial charge in [-0.15, -0.1) is 11.8 Å². The zero-order valence-corrected chi connectivity index (χ0v) is 41.4. The molecule has 2 N–H and O–H groups in total. The van der Waals surface area contributed by atoms with E-state index in [1.807, 2.05) is 78.2 Å². The lowest BCUT2D eigenvalue weighted by Crippen LogP contribution is -2.29. The van der Waals surface area contributed by atoms with Crippen LogP contribution in [0.3, 0.4) is 0 Å². The molecular formula is C52H68N8O5S2. The zero-order valence-electron chi connectivity index (χ0n) is 39.8. The second-order valence-corrected chi connectivity index (χ2v) is 21.1. The van der Waals surface area contributed by atoms with Crippen molar-refractivity contribution in [3.05, 3.63) is 110 Å². The molecule has 0 radical (unpaired) electrons. The molecule has 0 aliphatic rings. The van der Waals surface area contributed by atoms with Gasteiger partial charge in [-0.05, 0) is 49.1 Å². The normalized spacial score (nSPS) is 12.2. The highest BCUT2D eigenvalue weighted by molar-refractivity contribution is 7.99. The minimum absolute atomic E-state index is 0.0521. The molecule has 6 aromatic rings. The fourth-order valence-electron chi connectivity index (χ4n) is 8.66. The van der Waals surface area contributed by atoms with Crippen molar-refractivity contribution >= 4 is 32.8 Å². The molecule has 6 rings (SSSR count). The van der Waals surface area contributed by atoms with E-state index in [1.165, 1.54) is 61.3 Å². The molecule has 0 bridgehead atoms. The Bertz CT molecular complexity index is 2820. The molecular weight excluding hydrogens is 881 g/mol. The third kappa shape index (κ3) is 14.1. The van der Waals surface area contributed by atoms with Gasteiger partial charge in [0.05, 0.1) is 34.6 Å². The van der Waals surface area contributed by atoms with Gasteiger partial charge in [0.15, 0.2) is 21.0 Å². The molecule has 0 saturated heterocycles. The number of aliphatic hydroxyl groups excluding tert-OH is 1. The predicted octanol–water partition coefficient (Wildman–Crippen LogP) is 10.3. The minimum atomic E-state index is -3.45. The van der Waals surface area contributed by atoms with Gasteiger partial charge in [-0.3, -0.25) is 14.3 Å². The van der Waals surface area contributed by atoms with Crippen molar-refractivity contribution in [1.82, 2.24) is 33.9 Å².